The van der Waals surface area contributed by atoms with Gasteiger partial charge in [-0.15, -0.1) is 0 Å². The summed E-state index contributed by atoms with van der Waals surface area (Å²) in [4.78, 5) is 33.7. The first-order valence-corrected chi connectivity index (χ1v) is 11.8. The topological polar surface area (TPSA) is 134 Å². The number of likely N-dealkylation sites (tertiary alicyclic amines) is 1. The second-order valence-corrected chi connectivity index (χ2v) is 9.51. The number of nitrogens with zero attached hydrogens (tertiary/aromatic N) is 3. The van der Waals surface area contributed by atoms with Crippen LogP contribution in [0.2, 0.25) is 0 Å². The fourth-order valence-corrected chi connectivity index (χ4v) is 5.28. The van der Waals surface area contributed by atoms with Gasteiger partial charge in [0.15, 0.2) is 5.69 Å². The van der Waals surface area contributed by atoms with Crippen molar-refractivity contribution in [2.24, 2.45) is 17.8 Å². The molecule has 2 aliphatic heterocycles. The first-order valence-electron chi connectivity index (χ1n) is 11.8. The Bertz CT molecular complexity index is 1040. The third-order valence-corrected chi connectivity index (χ3v) is 7.11. The van der Waals surface area contributed by atoms with Gasteiger partial charge in [-0.2, -0.15) is 5.10 Å². The van der Waals surface area contributed by atoms with Gasteiger partial charge in [0.1, 0.15) is 0 Å². The van der Waals surface area contributed by atoms with Gasteiger partial charge in [0.25, 0.3) is 5.91 Å². The number of ether oxygens (including phenoxy) is 1. The van der Waals surface area contributed by atoms with Crippen LogP contribution in [-0.2, 0) is 14.3 Å². The van der Waals surface area contributed by atoms with E-state index < -0.39 is 11.9 Å². The predicted molar refractivity (Wildman–Crippen MR) is 124 cm³/mol. The summed E-state index contributed by atoms with van der Waals surface area (Å²) in [5, 5.41) is 23.5. The first-order chi connectivity index (χ1) is 16.3. The van der Waals surface area contributed by atoms with E-state index in [1.54, 1.807) is 0 Å². The van der Waals surface area contributed by atoms with Crippen LogP contribution in [0.1, 0.15) is 43.2 Å². The van der Waals surface area contributed by atoms with Crippen LogP contribution in [0.3, 0.4) is 0 Å². The number of rotatable bonds is 5. The van der Waals surface area contributed by atoms with Crippen molar-refractivity contribution in [3.8, 4) is 0 Å². The van der Waals surface area contributed by atoms with Crippen molar-refractivity contribution in [2.45, 2.75) is 38.8 Å². The highest BCUT2D eigenvalue weighted by Crippen LogP contribution is 2.52. The Morgan fingerprint density at radius 2 is 1.71 bits per heavy atom. The summed E-state index contributed by atoms with van der Waals surface area (Å²) >= 11 is 0. The number of amides is 1. The van der Waals surface area contributed by atoms with Crippen LogP contribution >= 0.6 is 0 Å². The monoisotopic (exact) mass is 472 g/mol. The third kappa shape index (κ3) is 5.07. The molecule has 5 rings (SSSR count). The van der Waals surface area contributed by atoms with Gasteiger partial charge in [-0.25, -0.2) is 9.59 Å². The normalized spacial score (nSPS) is 24.4. The maximum absolute atomic E-state index is 12.8. The molecule has 2 aromatic rings. The van der Waals surface area contributed by atoms with Crippen LogP contribution in [0.4, 0.5) is 0 Å². The number of aromatic nitrogens is 2. The third-order valence-electron chi connectivity index (χ3n) is 7.11. The lowest BCUT2D eigenvalue weighted by atomic mass is 10.1. The number of hydrogen-bond donors (Lipinski definition) is 3. The summed E-state index contributed by atoms with van der Waals surface area (Å²) in [7, 11) is 0. The molecule has 2 unspecified atom stereocenters. The van der Waals surface area contributed by atoms with Crippen LogP contribution in [0.5, 0.6) is 0 Å². The molecule has 1 aliphatic carbocycles. The SMILES string of the molecule is CC(C)n1nc(C(=O)NCC2C3CN(C4CCOCC4)CC23)c2ccccc21.O=C(O)C(=O)O. The molecule has 2 atom stereocenters. The molecular weight excluding hydrogens is 440 g/mol. The number of carbonyl (C=O) groups excluding carboxylic acids is 1. The Morgan fingerprint density at radius 3 is 2.29 bits per heavy atom. The van der Waals surface area contributed by atoms with E-state index in [0.717, 1.165) is 42.5 Å². The number of carboxylic acid groups (broad SMARTS) is 2. The fraction of sp³-hybridized carbons (Fsp3) is 0.583. The largest absolute Gasteiger partial charge is 0.473 e. The lowest BCUT2D eigenvalue weighted by Crippen LogP contribution is -2.40. The number of hydrogen-bond acceptors (Lipinski definition) is 6. The molecule has 1 saturated carbocycles. The van der Waals surface area contributed by atoms with E-state index in [4.69, 9.17) is 24.5 Å². The van der Waals surface area contributed by atoms with Gasteiger partial charge in [-0.1, -0.05) is 18.2 Å². The second kappa shape index (κ2) is 10.1. The smallest absolute Gasteiger partial charge is 0.414 e. The maximum Gasteiger partial charge on any atom is 0.414 e. The van der Waals surface area contributed by atoms with E-state index in [1.807, 2.05) is 28.9 Å². The number of carbonyl (C=O) groups is 3. The zero-order chi connectivity index (χ0) is 24.4. The van der Waals surface area contributed by atoms with Crippen molar-refractivity contribution in [3.05, 3.63) is 30.0 Å². The predicted octanol–water partition coefficient (Wildman–Crippen LogP) is 1.86. The number of para-hydroxylation sites is 1. The van der Waals surface area contributed by atoms with Gasteiger partial charge in [-0.3, -0.25) is 14.4 Å². The molecule has 3 aliphatic rings. The Kier molecular flexibility index (Phi) is 7.18. The minimum atomic E-state index is -1.82. The summed E-state index contributed by atoms with van der Waals surface area (Å²) < 4.78 is 7.44. The van der Waals surface area contributed by atoms with E-state index in [-0.39, 0.29) is 11.9 Å². The number of benzene rings is 1. The number of carboxylic acids is 2. The van der Waals surface area contributed by atoms with E-state index in [2.05, 4.69) is 29.2 Å². The number of piperidine rings is 1. The molecule has 10 nitrogen and oxygen atoms in total. The van der Waals surface area contributed by atoms with E-state index in [9.17, 15) is 4.79 Å². The minimum Gasteiger partial charge on any atom is -0.473 e. The van der Waals surface area contributed by atoms with Crippen molar-refractivity contribution >= 4 is 28.7 Å². The number of aliphatic carboxylic acids is 2. The van der Waals surface area contributed by atoms with Crippen molar-refractivity contribution in [1.82, 2.24) is 20.0 Å². The summed E-state index contributed by atoms with van der Waals surface area (Å²) in [6.07, 6.45) is 2.35. The molecule has 184 valence electrons. The highest BCUT2D eigenvalue weighted by Gasteiger charge is 2.56. The Balaban J connectivity index is 0.000000408. The molecule has 1 aromatic heterocycles. The van der Waals surface area contributed by atoms with Gasteiger partial charge in [0.05, 0.1) is 5.52 Å². The van der Waals surface area contributed by atoms with Crippen molar-refractivity contribution in [2.75, 3.05) is 32.8 Å². The summed E-state index contributed by atoms with van der Waals surface area (Å²) in [5.74, 6) is -1.54. The zero-order valence-corrected chi connectivity index (χ0v) is 19.5. The van der Waals surface area contributed by atoms with E-state index in [0.29, 0.717) is 17.7 Å². The molecule has 34 heavy (non-hydrogen) atoms. The molecule has 10 heteroatoms. The standard InChI is InChI=1S/C22H30N4O2.C2H2O4/c1-14(2)26-20-6-4-3-5-16(20)21(24-26)22(27)23-11-17-18-12-25(13-19(17)18)15-7-9-28-10-8-15;3-1(4)2(5)6/h3-6,14-15,17-19H,7-13H2,1-2H3,(H,23,27);(H,3,4)(H,5,6). The highest BCUT2D eigenvalue weighted by molar-refractivity contribution is 6.27. The Labute approximate surface area is 197 Å². The average Bonchev–Trinajstić information content (AvgIpc) is 3.16. The van der Waals surface area contributed by atoms with E-state index in [1.165, 1.54) is 25.9 Å². The fourth-order valence-electron chi connectivity index (χ4n) is 5.28. The van der Waals surface area contributed by atoms with Crippen molar-refractivity contribution in [1.29, 1.82) is 0 Å². The Morgan fingerprint density at radius 1 is 1.09 bits per heavy atom. The van der Waals surface area contributed by atoms with Crippen molar-refractivity contribution in [3.63, 3.8) is 0 Å². The second-order valence-electron chi connectivity index (χ2n) is 9.51. The average molecular weight is 473 g/mol. The molecule has 1 aromatic carbocycles. The van der Waals surface area contributed by atoms with Gasteiger partial charge in [0, 0.05) is 50.3 Å². The summed E-state index contributed by atoms with van der Waals surface area (Å²) in [5.41, 5.74) is 1.58. The quantitative estimate of drug-likeness (QED) is 0.562. The molecule has 0 bridgehead atoms. The number of fused-ring (bicyclic) bond motifs is 2. The lowest BCUT2D eigenvalue weighted by molar-refractivity contribution is -0.159. The maximum atomic E-state index is 12.8. The van der Waals surface area contributed by atoms with Gasteiger partial charge in [0.2, 0.25) is 0 Å². The molecular formula is C24H32N4O6. The molecule has 1 amide bonds. The van der Waals surface area contributed by atoms with Gasteiger partial charge in [-0.05, 0) is 50.5 Å². The minimum absolute atomic E-state index is 0.0399. The molecule has 3 N–H and O–H groups in total. The zero-order valence-electron chi connectivity index (χ0n) is 19.5. The van der Waals surface area contributed by atoms with Crippen LogP contribution in [0.15, 0.2) is 24.3 Å². The molecule has 0 spiro atoms. The van der Waals surface area contributed by atoms with E-state index >= 15 is 0 Å². The summed E-state index contributed by atoms with van der Waals surface area (Å²) in [6, 6.07) is 8.94. The first kappa shape index (κ1) is 24.2. The molecule has 3 fully saturated rings. The molecule has 0 radical (unpaired) electrons. The van der Waals surface area contributed by atoms with Gasteiger partial charge < -0.3 is 20.3 Å². The van der Waals surface area contributed by atoms with Gasteiger partial charge >= 0.3 is 11.9 Å². The molecule has 3 heterocycles. The van der Waals surface area contributed by atoms with Crippen LogP contribution in [0, 0.1) is 17.8 Å². The lowest BCUT2D eigenvalue weighted by Gasteiger charge is -2.32. The summed E-state index contributed by atoms with van der Waals surface area (Å²) in [6.45, 7) is 9.17. The van der Waals surface area contributed by atoms with Crippen LogP contribution in [0.25, 0.3) is 10.9 Å². The number of nitrogens with one attached hydrogen (secondary N) is 1. The molecule has 2 saturated heterocycles. The highest BCUT2D eigenvalue weighted by atomic mass is 16.5. The van der Waals surface area contributed by atoms with Crippen molar-refractivity contribution < 1.29 is 29.3 Å². The van der Waals surface area contributed by atoms with Crippen LogP contribution < -0.4 is 5.32 Å². The van der Waals surface area contributed by atoms with Crippen LogP contribution in [-0.4, -0.2) is 81.6 Å². The Hall–Kier alpha value is -2.98.